The Bertz CT molecular complexity index is 633. The molecule has 0 bridgehead atoms. The average molecular weight is 320 g/mol. The summed E-state index contributed by atoms with van der Waals surface area (Å²) >= 11 is 3.66. The lowest BCUT2D eigenvalue weighted by Gasteiger charge is -2.09. The van der Waals surface area contributed by atoms with Gasteiger partial charge in [0.15, 0.2) is 0 Å². The zero-order valence-electron chi connectivity index (χ0n) is 10.6. The van der Waals surface area contributed by atoms with Crippen LogP contribution >= 0.6 is 15.9 Å². The molecule has 4 heteroatoms. The number of nitrogens with one attached hydrogen (secondary N) is 1. The van der Waals surface area contributed by atoms with E-state index in [9.17, 15) is 4.79 Å². The molecule has 0 saturated heterocycles. The van der Waals surface area contributed by atoms with Gasteiger partial charge >= 0.3 is 0 Å². The molecule has 0 spiro atoms. The summed E-state index contributed by atoms with van der Waals surface area (Å²) in [7, 11) is 0. The van der Waals surface area contributed by atoms with Gasteiger partial charge in [-0.15, -0.1) is 0 Å². The number of alkyl halides is 1. The predicted molar refractivity (Wildman–Crippen MR) is 77.6 cm³/mol. The van der Waals surface area contributed by atoms with E-state index in [1.807, 2.05) is 24.3 Å². The number of aryl methyl sites for hydroxylation is 1. The van der Waals surface area contributed by atoms with E-state index in [1.54, 1.807) is 0 Å². The number of anilines is 1. The van der Waals surface area contributed by atoms with Gasteiger partial charge in [0.05, 0.1) is 11.2 Å². The van der Waals surface area contributed by atoms with Crippen LogP contribution in [0.4, 0.5) is 5.69 Å². The quantitative estimate of drug-likeness (QED) is 0.874. The zero-order chi connectivity index (χ0) is 13.4. The number of furan rings is 1. The summed E-state index contributed by atoms with van der Waals surface area (Å²) in [6.07, 6.45) is 1.35. The highest BCUT2D eigenvalue weighted by molar-refractivity contribution is 9.09. The Morgan fingerprint density at radius 2 is 2.21 bits per heavy atom. The minimum Gasteiger partial charge on any atom is -0.465 e. The molecule has 1 aliphatic rings. The van der Waals surface area contributed by atoms with Gasteiger partial charge in [-0.25, -0.2) is 0 Å². The second-order valence-corrected chi connectivity index (χ2v) is 5.58. The first-order chi connectivity index (χ1) is 9.17. The van der Waals surface area contributed by atoms with Gasteiger partial charge in [-0.3, -0.25) is 4.79 Å². The Labute approximate surface area is 120 Å². The maximum atomic E-state index is 11.4. The molecule has 3 nitrogen and oxygen atoms in total. The molecule has 3 rings (SSSR count). The Hall–Kier alpha value is -1.55. The molecule has 1 amide bonds. The van der Waals surface area contributed by atoms with Crippen molar-refractivity contribution in [3.05, 3.63) is 53.0 Å². The second-order valence-electron chi connectivity index (χ2n) is 4.66. The van der Waals surface area contributed by atoms with E-state index in [0.29, 0.717) is 6.42 Å². The molecule has 19 heavy (non-hydrogen) atoms. The predicted octanol–water partition coefficient (Wildman–Crippen LogP) is 3.82. The van der Waals surface area contributed by atoms with Gasteiger partial charge in [-0.2, -0.15) is 0 Å². The van der Waals surface area contributed by atoms with Crippen LogP contribution in [0, 0.1) is 0 Å². The Morgan fingerprint density at radius 3 is 2.95 bits per heavy atom. The smallest absolute Gasteiger partial charge is 0.228 e. The van der Waals surface area contributed by atoms with Crippen molar-refractivity contribution < 1.29 is 9.21 Å². The van der Waals surface area contributed by atoms with Crippen molar-refractivity contribution in [1.29, 1.82) is 0 Å². The van der Waals surface area contributed by atoms with Gasteiger partial charge in [0.25, 0.3) is 0 Å². The van der Waals surface area contributed by atoms with Crippen molar-refractivity contribution in [3.8, 4) is 0 Å². The molecule has 1 atom stereocenters. The Morgan fingerprint density at radius 1 is 1.37 bits per heavy atom. The molecular weight excluding hydrogens is 306 g/mol. The van der Waals surface area contributed by atoms with Crippen LogP contribution < -0.4 is 5.32 Å². The number of hydrogen-bond donors (Lipinski definition) is 1. The van der Waals surface area contributed by atoms with Crippen LogP contribution in [0.15, 0.2) is 34.7 Å². The van der Waals surface area contributed by atoms with Gasteiger partial charge in [-0.1, -0.05) is 35.0 Å². The van der Waals surface area contributed by atoms with Crippen LogP contribution in [0.3, 0.4) is 0 Å². The van der Waals surface area contributed by atoms with Gasteiger partial charge in [0.1, 0.15) is 11.5 Å². The van der Waals surface area contributed by atoms with Crippen molar-refractivity contribution >= 4 is 27.5 Å². The summed E-state index contributed by atoms with van der Waals surface area (Å²) < 4.78 is 5.76. The molecule has 1 unspecified atom stereocenters. The highest BCUT2D eigenvalue weighted by Crippen LogP contribution is 2.35. The molecule has 1 aliphatic heterocycles. The van der Waals surface area contributed by atoms with Crippen LogP contribution in [0.1, 0.15) is 34.4 Å². The van der Waals surface area contributed by atoms with E-state index >= 15 is 0 Å². The number of hydrogen-bond acceptors (Lipinski definition) is 2. The fraction of sp³-hybridized carbons (Fsp3) is 0.267. The molecule has 1 aromatic carbocycles. The van der Waals surface area contributed by atoms with Crippen molar-refractivity contribution in [1.82, 2.24) is 0 Å². The minimum absolute atomic E-state index is 0.0220. The molecule has 0 fully saturated rings. The van der Waals surface area contributed by atoms with Gasteiger partial charge in [0.2, 0.25) is 5.91 Å². The number of fused-ring (bicyclic) bond motifs is 1. The summed E-state index contributed by atoms with van der Waals surface area (Å²) in [5.74, 6) is 1.94. The summed E-state index contributed by atoms with van der Waals surface area (Å²) in [4.78, 5) is 11.4. The summed E-state index contributed by atoms with van der Waals surface area (Å²) in [6, 6.07) is 10.0. The molecule has 1 aromatic heterocycles. The van der Waals surface area contributed by atoms with Crippen LogP contribution in [-0.2, 0) is 17.6 Å². The Balaban J connectivity index is 1.90. The lowest BCUT2D eigenvalue weighted by molar-refractivity contribution is -0.115. The van der Waals surface area contributed by atoms with E-state index < -0.39 is 0 Å². The normalized spacial score (nSPS) is 15.2. The van der Waals surface area contributed by atoms with E-state index in [0.717, 1.165) is 34.8 Å². The largest absolute Gasteiger partial charge is 0.465 e. The summed E-state index contributed by atoms with van der Waals surface area (Å²) in [6.45, 7) is 2.07. The fourth-order valence-electron chi connectivity index (χ4n) is 2.29. The molecule has 2 aromatic rings. The first-order valence-corrected chi connectivity index (χ1v) is 7.24. The first kappa shape index (κ1) is 12.5. The molecule has 0 radical (unpaired) electrons. The molecule has 0 aliphatic carbocycles. The summed E-state index contributed by atoms with van der Waals surface area (Å²) in [5, 5.41) is 2.84. The van der Waals surface area contributed by atoms with Crippen LogP contribution in [0.5, 0.6) is 0 Å². The van der Waals surface area contributed by atoms with Crippen LogP contribution in [0.25, 0.3) is 0 Å². The monoisotopic (exact) mass is 319 g/mol. The molecule has 98 valence electrons. The van der Waals surface area contributed by atoms with E-state index in [-0.39, 0.29) is 10.7 Å². The second kappa shape index (κ2) is 4.85. The third-order valence-electron chi connectivity index (χ3n) is 3.33. The molecule has 2 heterocycles. The minimum atomic E-state index is 0.0220. The number of benzene rings is 1. The topological polar surface area (TPSA) is 42.2 Å². The number of carbonyl (C=O) groups is 1. The van der Waals surface area contributed by atoms with Crippen molar-refractivity contribution in [3.63, 3.8) is 0 Å². The van der Waals surface area contributed by atoms with Crippen molar-refractivity contribution in [2.24, 2.45) is 0 Å². The highest BCUT2D eigenvalue weighted by atomic mass is 79.9. The third kappa shape index (κ3) is 2.32. The van der Waals surface area contributed by atoms with Crippen LogP contribution in [-0.4, -0.2) is 5.91 Å². The van der Waals surface area contributed by atoms with Gasteiger partial charge in [0, 0.05) is 12.1 Å². The van der Waals surface area contributed by atoms with Crippen molar-refractivity contribution in [2.45, 2.75) is 24.6 Å². The third-order valence-corrected chi connectivity index (χ3v) is 4.31. The number of amides is 1. The maximum Gasteiger partial charge on any atom is 0.228 e. The number of rotatable bonds is 3. The van der Waals surface area contributed by atoms with Gasteiger partial charge < -0.3 is 9.73 Å². The molecular formula is C15H14BrNO2. The highest BCUT2D eigenvalue weighted by Gasteiger charge is 2.21. The SMILES string of the molecule is CCc1ccc(C(Br)c2ccc3c(c2)CC(=O)N3)o1. The van der Waals surface area contributed by atoms with Crippen molar-refractivity contribution in [2.75, 3.05) is 5.32 Å². The lowest BCUT2D eigenvalue weighted by Crippen LogP contribution is -2.03. The first-order valence-electron chi connectivity index (χ1n) is 6.32. The van der Waals surface area contributed by atoms with Gasteiger partial charge in [-0.05, 0) is 29.3 Å². The summed E-state index contributed by atoms with van der Waals surface area (Å²) in [5.41, 5.74) is 3.07. The Kier molecular flexibility index (Phi) is 3.19. The van der Waals surface area contributed by atoms with Crippen LogP contribution in [0.2, 0.25) is 0 Å². The average Bonchev–Trinajstić information content (AvgIpc) is 3.01. The fourth-order valence-corrected chi connectivity index (χ4v) is 2.82. The molecule has 0 saturated carbocycles. The number of halogens is 1. The van der Waals surface area contributed by atoms with E-state index in [4.69, 9.17) is 4.42 Å². The zero-order valence-corrected chi connectivity index (χ0v) is 12.2. The maximum absolute atomic E-state index is 11.4. The number of carbonyl (C=O) groups excluding carboxylic acids is 1. The standard InChI is InChI=1S/C15H14BrNO2/c1-2-11-4-6-13(19-11)15(16)9-3-5-12-10(7-9)8-14(18)17-12/h3-7,15H,2,8H2,1H3,(H,17,18). The lowest BCUT2D eigenvalue weighted by atomic mass is 10.0. The van der Waals surface area contributed by atoms with E-state index in [1.165, 1.54) is 0 Å². The molecule has 1 N–H and O–H groups in total. The van der Waals surface area contributed by atoms with E-state index in [2.05, 4.69) is 34.2 Å².